The topological polar surface area (TPSA) is 43.2 Å². The van der Waals surface area contributed by atoms with E-state index in [1.807, 2.05) is 11.5 Å². The Labute approximate surface area is 118 Å². The van der Waals surface area contributed by atoms with Crippen LogP contribution in [0.4, 0.5) is 5.13 Å². The first-order valence-corrected chi connectivity index (χ1v) is 7.41. The Hall–Kier alpha value is -0.920. The molecule has 96 valence electrons. The lowest BCUT2D eigenvalue weighted by molar-refractivity contribution is 0.122. The summed E-state index contributed by atoms with van der Waals surface area (Å²) in [6.07, 6.45) is 1.79. The molecule has 2 aromatic rings. The Morgan fingerprint density at radius 2 is 2.17 bits per heavy atom. The molecule has 1 saturated heterocycles. The molecule has 1 aliphatic rings. The van der Waals surface area contributed by atoms with Crippen LogP contribution >= 0.6 is 27.3 Å². The standard InChI is InChI=1S/C11H13BrN4OS/c1-8-10(12)16(7-13-8)9-6-18-11(14-9)15-2-4-17-5-3-15/h6-7H,2-5H2,1H3. The van der Waals surface area contributed by atoms with Gasteiger partial charge >= 0.3 is 0 Å². The van der Waals surface area contributed by atoms with Crippen molar-refractivity contribution in [3.8, 4) is 5.82 Å². The minimum atomic E-state index is 0.781. The third-order valence-electron chi connectivity index (χ3n) is 2.89. The SMILES string of the molecule is Cc1ncn(-c2csc(N3CCOCC3)n2)c1Br. The molecule has 0 aromatic carbocycles. The van der Waals surface area contributed by atoms with Crippen LogP contribution in [0.1, 0.15) is 5.69 Å². The Morgan fingerprint density at radius 3 is 2.83 bits per heavy atom. The zero-order valence-corrected chi connectivity index (χ0v) is 12.4. The summed E-state index contributed by atoms with van der Waals surface area (Å²) in [6, 6.07) is 0. The Bertz CT molecular complexity index is 547. The highest BCUT2D eigenvalue weighted by Gasteiger charge is 2.16. The zero-order chi connectivity index (χ0) is 12.5. The molecule has 1 fully saturated rings. The van der Waals surface area contributed by atoms with Crippen LogP contribution < -0.4 is 4.90 Å². The summed E-state index contributed by atoms with van der Waals surface area (Å²) in [7, 11) is 0. The lowest BCUT2D eigenvalue weighted by Gasteiger charge is -2.25. The second-order valence-corrected chi connectivity index (χ2v) is 5.67. The first-order chi connectivity index (χ1) is 8.75. The molecule has 3 rings (SSSR count). The van der Waals surface area contributed by atoms with Gasteiger partial charge in [0.05, 0.1) is 18.9 Å². The highest BCUT2D eigenvalue weighted by Crippen LogP contribution is 2.26. The van der Waals surface area contributed by atoms with Crippen LogP contribution in [0.25, 0.3) is 5.82 Å². The Balaban J connectivity index is 1.87. The molecule has 0 amide bonds. The first-order valence-electron chi connectivity index (χ1n) is 5.74. The summed E-state index contributed by atoms with van der Waals surface area (Å²) in [5, 5.41) is 3.10. The van der Waals surface area contributed by atoms with Gasteiger partial charge in [0, 0.05) is 18.5 Å². The molecule has 0 radical (unpaired) electrons. The number of aromatic nitrogens is 3. The van der Waals surface area contributed by atoms with Crippen molar-refractivity contribution < 1.29 is 4.74 Å². The highest BCUT2D eigenvalue weighted by atomic mass is 79.9. The number of rotatable bonds is 2. The number of ether oxygens (including phenoxy) is 1. The molecule has 3 heterocycles. The van der Waals surface area contributed by atoms with Crippen LogP contribution in [0.5, 0.6) is 0 Å². The van der Waals surface area contributed by atoms with Gasteiger partial charge in [-0.15, -0.1) is 11.3 Å². The highest BCUT2D eigenvalue weighted by molar-refractivity contribution is 9.10. The second kappa shape index (κ2) is 4.99. The van der Waals surface area contributed by atoms with Crippen molar-refractivity contribution in [3.05, 3.63) is 22.0 Å². The fourth-order valence-corrected chi connectivity index (χ4v) is 3.08. The van der Waals surface area contributed by atoms with Crippen molar-refractivity contribution in [2.75, 3.05) is 31.2 Å². The number of hydrogen-bond donors (Lipinski definition) is 0. The predicted octanol–water partition coefficient (Wildman–Crippen LogP) is 2.24. The van der Waals surface area contributed by atoms with Crippen LogP contribution in [-0.2, 0) is 4.74 Å². The van der Waals surface area contributed by atoms with E-state index < -0.39 is 0 Å². The lowest BCUT2D eigenvalue weighted by atomic mass is 10.5. The molecule has 0 spiro atoms. The molecular formula is C11H13BrN4OS. The van der Waals surface area contributed by atoms with Gasteiger partial charge in [-0.2, -0.15) is 0 Å². The summed E-state index contributed by atoms with van der Waals surface area (Å²) in [5.74, 6) is 0.911. The van der Waals surface area contributed by atoms with Gasteiger partial charge in [0.2, 0.25) is 0 Å². The van der Waals surface area contributed by atoms with E-state index in [-0.39, 0.29) is 0 Å². The Morgan fingerprint density at radius 1 is 1.39 bits per heavy atom. The molecule has 0 saturated carbocycles. The molecule has 7 heteroatoms. The molecule has 18 heavy (non-hydrogen) atoms. The van der Waals surface area contributed by atoms with Crippen molar-refractivity contribution in [2.24, 2.45) is 0 Å². The molecule has 0 unspecified atom stereocenters. The maximum Gasteiger partial charge on any atom is 0.187 e. The van der Waals surface area contributed by atoms with E-state index in [0.717, 1.165) is 47.5 Å². The number of anilines is 1. The first kappa shape index (κ1) is 12.1. The molecule has 2 aromatic heterocycles. The van der Waals surface area contributed by atoms with Gasteiger partial charge in [-0.1, -0.05) is 0 Å². The van der Waals surface area contributed by atoms with Crippen LogP contribution in [0.3, 0.4) is 0 Å². The van der Waals surface area contributed by atoms with Crippen molar-refractivity contribution >= 4 is 32.4 Å². The van der Waals surface area contributed by atoms with Crippen LogP contribution in [-0.4, -0.2) is 40.8 Å². The number of hydrogen-bond acceptors (Lipinski definition) is 5. The minimum Gasteiger partial charge on any atom is -0.378 e. The van der Waals surface area contributed by atoms with E-state index in [0.29, 0.717) is 0 Å². The number of thiazole rings is 1. The van der Waals surface area contributed by atoms with Crippen molar-refractivity contribution in [2.45, 2.75) is 6.92 Å². The fourth-order valence-electron chi connectivity index (χ4n) is 1.85. The van der Waals surface area contributed by atoms with Gasteiger partial charge in [0.25, 0.3) is 0 Å². The van der Waals surface area contributed by atoms with E-state index in [1.165, 1.54) is 0 Å². The average Bonchev–Trinajstić information content (AvgIpc) is 3.00. The van der Waals surface area contributed by atoms with Crippen molar-refractivity contribution in [3.63, 3.8) is 0 Å². The van der Waals surface area contributed by atoms with E-state index in [9.17, 15) is 0 Å². The monoisotopic (exact) mass is 328 g/mol. The molecule has 0 aliphatic carbocycles. The zero-order valence-electron chi connectivity index (χ0n) is 9.97. The maximum atomic E-state index is 5.35. The number of morpholine rings is 1. The third-order valence-corrected chi connectivity index (χ3v) is 4.73. The normalized spacial score (nSPS) is 16.2. The van der Waals surface area contributed by atoms with Gasteiger partial charge < -0.3 is 9.64 Å². The summed E-state index contributed by atoms with van der Waals surface area (Å²) < 4.78 is 8.26. The molecule has 0 atom stereocenters. The smallest absolute Gasteiger partial charge is 0.187 e. The fraction of sp³-hybridized carbons (Fsp3) is 0.455. The largest absolute Gasteiger partial charge is 0.378 e. The van der Waals surface area contributed by atoms with Gasteiger partial charge in [-0.05, 0) is 22.9 Å². The van der Waals surface area contributed by atoms with Crippen LogP contribution in [0.15, 0.2) is 16.3 Å². The van der Waals surface area contributed by atoms with Gasteiger partial charge in [0.1, 0.15) is 10.9 Å². The number of nitrogens with zero attached hydrogens (tertiary/aromatic N) is 4. The van der Waals surface area contributed by atoms with Crippen LogP contribution in [0.2, 0.25) is 0 Å². The minimum absolute atomic E-state index is 0.781. The van der Waals surface area contributed by atoms with Crippen molar-refractivity contribution in [1.29, 1.82) is 0 Å². The van der Waals surface area contributed by atoms with E-state index >= 15 is 0 Å². The van der Waals surface area contributed by atoms with E-state index in [1.54, 1.807) is 17.7 Å². The van der Waals surface area contributed by atoms with Gasteiger partial charge in [-0.25, -0.2) is 9.97 Å². The van der Waals surface area contributed by atoms with E-state index in [4.69, 9.17) is 4.74 Å². The maximum absolute atomic E-state index is 5.35. The van der Waals surface area contributed by atoms with E-state index in [2.05, 4.69) is 36.2 Å². The van der Waals surface area contributed by atoms with Crippen molar-refractivity contribution in [1.82, 2.24) is 14.5 Å². The molecule has 0 bridgehead atoms. The number of imidazole rings is 1. The van der Waals surface area contributed by atoms with Gasteiger partial charge in [0.15, 0.2) is 10.9 Å². The van der Waals surface area contributed by atoms with Crippen LogP contribution in [0, 0.1) is 6.92 Å². The summed E-state index contributed by atoms with van der Waals surface area (Å²) in [5.41, 5.74) is 0.968. The summed E-state index contributed by atoms with van der Waals surface area (Å²) in [6.45, 7) is 5.36. The predicted molar refractivity (Wildman–Crippen MR) is 74.7 cm³/mol. The average molecular weight is 329 g/mol. The quantitative estimate of drug-likeness (QED) is 0.848. The molecule has 0 N–H and O–H groups in total. The second-order valence-electron chi connectivity index (χ2n) is 4.08. The lowest BCUT2D eigenvalue weighted by Crippen LogP contribution is -2.36. The molecule has 5 nitrogen and oxygen atoms in total. The Kier molecular flexibility index (Phi) is 3.36. The summed E-state index contributed by atoms with van der Waals surface area (Å²) >= 11 is 5.18. The molecule has 1 aliphatic heterocycles. The number of aryl methyl sites for hydroxylation is 1. The molecular weight excluding hydrogens is 316 g/mol. The van der Waals surface area contributed by atoms with Gasteiger partial charge in [-0.3, -0.25) is 4.57 Å². The third kappa shape index (κ3) is 2.17. The summed E-state index contributed by atoms with van der Waals surface area (Å²) in [4.78, 5) is 11.2. The number of halogens is 1.